The van der Waals surface area contributed by atoms with Crippen LogP contribution in [-0.2, 0) is 4.74 Å². The molecule has 15 heavy (non-hydrogen) atoms. The van der Waals surface area contributed by atoms with E-state index >= 15 is 0 Å². The zero-order valence-corrected chi connectivity index (χ0v) is 10.1. The first-order chi connectivity index (χ1) is 7.40. The molecule has 0 aromatic carbocycles. The summed E-state index contributed by atoms with van der Waals surface area (Å²) in [4.78, 5) is 0. The lowest BCUT2D eigenvalue weighted by molar-refractivity contribution is 0.00989. The van der Waals surface area contributed by atoms with E-state index in [1.807, 2.05) is 10.8 Å². The Labute approximate surface area is 98.8 Å². The minimum atomic E-state index is 0.0204. The highest BCUT2D eigenvalue weighted by Crippen LogP contribution is 2.35. The first-order valence-corrected chi connectivity index (χ1v) is 6.52. The maximum Gasteiger partial charge on any atom is 0.172 e. The molecule has 0 bridgehead atoms. The van der Waals surface area contributed by atoms with Crippen LogP contribution in [0.2, 0.25) is 0 Å². The summed E-state index contributed by atoms with van der Waals surface area (Å²) in [5, 5.41) is 3.91. The van der Waals surface area contributed by atoms with E-state index in [0.717, 1.165) is 30.3 Å². The molecule has 2 rings (SSSR count). The summed E-state index contributed by atoms with van der Waals surface area (Å²) in [6.45, 7) is 1.90. The lowest BCUT2D eigenvalue weighted by atomic mass is 10.3. The maximum atomic E-state index is 5.69. The van der Waals surface area contributed by atoms with E-state index in [1.165, 1.54) is 0 Å². The zero-order valence-electron chi connectivity index (χ0n) is 8.35. The van der Waals surface area contributed by atoms with Crippen LogP contribution in [0.15, 0.2) is 10.8 Å². The van der Waals surface area contributed by atoms with Crippen molar-refractivity contribution in [3.63, 3.8) is 0 Å². The van der Waals surface area contributed by atoms with Crippen molar-refractivity contribution in [2.45, 2.75) is 12.5 Å². The molecule has 0 saturated carbocycles. The standard InChI is InChI=1S/C10H14O3S2/c14-3-1-2-11-4-8-5-12-9-6-15-7-10(9)13-8/h6-8,14H,1-5H2. The van der Waals surface area contributed by atoms with E-state index in [0.29, 0.717) is 13.2 Å². The lowest BCUT2D eigenvalue weighted by Gasteiger charge is -2.24. The third kappa shape index (κ3) is 3.03. The molecular weight excluding hydrogens is 232 g/mol. The summed E-state index contributed by atoms with van der Waals surface area (Å²) in [6, 6.07) is 0. The molecule has 3 nitrogen and oxygen atoms in total. The molecule has 5 heteroatoms. The van der Waals surface area contributed by atoms with E-state index < -0.39 is 0 Å². The molecule has 1 atom stereocenters. The van der Waals surface area contributed by atoms with Crippen molar-refractivity contribution < 1.29 is 14.2 Å². The minimum absolute atomic E-state index is 0.0204. The van der Waals surface area contributed by atoms with Gasteiger partial charge in [-0.15, -0.1) is 11.3 Å². The van der Waals surface area contributed by atoms with Crippen LogP contribution in [0.4, 0.5) is 0 Å². The Morgan fingerprint density at radius 3 is 3.20 bits per heavy atom. The Morgan fingerprint density at radius 2 is 2.33 bits per heavy atom. The van der Waals surface area contributed by atoms with Gasteiger partial charge in [0.2, 0.25) is 0 Å². The summed E-state index contributed by atoms with van der Waals surface area (Å²) in [7, 11) is 0. The number of hydrogen-bond acceptors (Lipinski definition) is 5. The molecule has 1 aliphatic heterocycles. The highest BCUT2D eigenvalue weighted by molar-refractivity contribution is 7.80. The normalized spacial score (nSPS) is 19.1. The largest absolute Gasteiger partial charge is 0.485 e. The van der Waals surface area contributed by atoms with E-state index in [-0.39, 0.29) is 6.10 Å². The number of thiophene rings is 1. The van der Waals surface area contributed by atoms with E-state index in [1.54, 1.807) is 11.3 Å². The summed E-state index contributed by atoms with van der Waals surface area (Å²) >= 11 is 5.70. The van der Waals surface area contributed by atoms with Crippen LogP contribution >= 0.6 is 24.0 Å². The average molecular weight is 246 g/mol. The van der Waals surface area contributed by atoms with Crippen LogP contribution in [0.5, 0.6) is 11.5 Å². The van der Waals surface area contributed by atoms with Crippen molar-refractivity contribution >= 4 is 24.0 Å². The second-order valence-corrected chi connectivity index (χ2v) is 4.49. The highest BCUT2D eigenvalue weighted by atomic mass is 32.1. The fourth-order valence-electron chi connectivity index (χ4n) is 1.32. The van der Waals surface area contributed by atoms with Gasteiger partial charge in [0.05, 0.1) is 6.61 Å². The number of hydrogen-bond donors (Lipinski definition) is 1. The molecule has 0 spiro atoms. The zero-order chi connectivity index (χ0) is 10.5. The molecule has 1 unspecified atom stereocenters. The summed E-state index contributed by atoms with van der Waals surface area (Å²) in [5.41, 5.74) is 0. The second-order valence-electron chi connectivity index (χ2n) is 3.30. The molecule has 1 aromatic rings. The number of fused-ring (bicyclic) bond motifs is 1. The number of thiol groups is 1. The maximum absolute atomic E-state index is 5.69. The first kappa shape index (κ1) is 11.1. The molecule has 0 fully saturated rings. The van der Waals surface area contributed by atoms with Gasteiger partial charge in [0, 0.05) is 17.4 Å². The molecule has 2 heterocycles. The van der Waals surface area contributed by atoms with Crippen LogP contribution in [0.1, 0.15) is 6.42 Å². The SMILES string of the molecule is SCCCOCC1COc2cscc2O1. The quantitative estimate of drug-likeness (QED) is 0.638. The van der Waals surface area contributed by atoms with Crippen molar-refractivity contribution in [3.05, 3.63) is 10.8 Å². The van der Waals surface area contributed by atoms with Crippen LogP contribution in [0, 0.1) is 0 Å². The van der Waals surface area contributed by atoms with Gasteiger partial charge in [-0.25, -0.2) is 0 Å². The Kier molecular flexibility index (Phi) is 4.17. The Hall–Kier alpha value is -0.390. The topological polar surface area (TPSA) is 27.7 Å². The average Bonchev–Trinajstić information content (AvgIpc) is 2.71. The monoisotopic (exact) mass is 246 g/mol. The van der Waals surface area contributed by atoms with E-state index in [4.69, 9.17) is 14.2 Å². The van der Waals surface area contributed by atoms with Crippen LogP contribution in [-0.4, -0.2) is 31.7 Å². The van der Waals surface area contributed by atoms with Crippen molar-refractivity contribution in [3.8, 4) is 11.5 Å². The van der Waals surface area contributed by atoms with E-state index in [9.17, 15) is 0 Å². The molecule has 1 aromatic heterocycles. The lowest BCUT2D eigenvalue weighted by Crippen LogP contribution is -2.33. The summed E-state index contributed by atoms with van der Waals surface area (Å²) in [6.07, 6.45) is 0.993. The molecule has 0 N–H and O–H groups in total. The highest BCUT2D eigenvalue weighted by Gasteiger charge is 2.21. The van der Waals surface area contributed by atoms with Crippen molar-refractivity contribution in [1.82, 2.24) is 0 Å². The summed E-state index contributed by atoms with van der Waals surface area (Å²) < 4.78 is 16.7. The molecule has 84 valence electrons. The van der Waals surface area contributed by atoms with Gasteiger partial charge < -0.3 is 14.2 Å². The first-order valence-electron chi connectivity index (χ1n) is 4.94. The summed E-state index contributed by atoms with van der Waals surface area (Å²) in [5.74, 6) is 2.55. The van der Waals surface area contributed by atoms with Gasteiger partial charge in [0.15, 0.2) is 17.6 Å². The molecule has 0 aliphatic carbocycles. The Balaban J connectivity index is 1.73. The van der Waals surface area contributed by atoms with Gasteiger partial charge in [-0.2, -0.15) is 12.6 Å². The Bertz CT molecular complexity index is 301. The van der Waals surface area contributed by atoms with Gasteiger partial charge in [0.25, 0.3) is 0 Å². The fraction of sp³-hybridized carbons (Fsp3) is 0.600. The van der Waals surface area contributed by atoms with E-state index in [2.05, 4.69) is 12.6 Å². The fourth-order valence-corrected chi connectivity index (χ4v) is 2.12. The van der Waals surface area contributed by atoms with Gasteiger partial charge >= 0.3 is 0 Å². The molecule has 0 saturated heterocycles. The smallest absolute Gasteiger partial charge is 0.172 e. The van der Waals surface area contributed by atoms with Crippen molar-refractivity contribution in [1.29, 1.82) is 0 Å². The van der Waals surface area contributed by atoms with Crippen LogP contribution in [0.25, 0.3) is 0 Å². The van der Waals surface area contributed by atoms with Crippen molar-refractivity contribution in [2.75, 3.05) is 25.6 Å². The predicted molar refractivity (Wildman–Crippen MR) is 63.5 cm³/mol. The van der Waals surface area contributed by atoms with Gasteiger partial charge in [-0.3, -0.25) is 0 Å². The Morgan fingerprint density at radius 1 is 1.47 bits per heavy atom. The van der Waals surface area contributed by atoms with Crippen molar-refractivity contribution in [2.24, 2.45) is 0 Å². The van der Waals surface area contributed by atoms with Crippen LogP contribution in [0.3, 0.4) is 0 Å². The third-order valence-electron chi connectivity index (χ3n) is 2.06. The molecule has 0 amide bonds. The van der Waals surface area contributed by atoms with Gasteiger partial charge in [0.1, 0.15) is 6.61 Å². The van der Waals surface area contributed by atoms with Gasteiger partial charge in [-0.1, -0.05) is 0 Å². The molecule has 0 radical (unpaired) electrons. The minimum Gasteiger partial charge on any atom is -0.485 e. The second kappa shape index (κ2) is 5.63. The predicted octanol–water partition coefficient (Wildman–Crippen LogP) is 2.22. The number of rotatable bonds is 5. The molecular formula is C10H14O3S2. The number of ether oxygens (including phenoxy) is 3. The molecule has 1 aliphatic rings. The van der Waals surface area contributed by atoms with Gasteiger partial charge in [-0.05, 0) is 12.2 Å². The third-order valence-corrected chi connectivity index (χ3v) is 3.08. The van der Waals surface area contributed by atoms with Crippen LogP contribution < -0.4 is 9.47 Å².